The topological polar surface area (TPSA) is 69.6 Å². The number of thioether (sulfide) groups is 1. The zero-order valence-electron chi connectivity index (χ0n) is 13.4. The van der Waals surface area contributed by atoms with Crippen LogP contribution in [0.15, 0.2) is 0 Å². The summed E-state index contributed by atoms with van der Waals surface area (Å²) in [6.07, 6.45) is 8.78. The largest absolute Gasteiger partial charge is 0.480 e. The maximum Gasteiger partial charge on any atom is 0.323 e. The van der Waals surface area contributed by atoms with E-state index in [0.29, 0.717) is 6.54 Å². The first-order valence-electron chi connectivity index (χ1n) is 7.75. The molecule has 0 aromatic heterocycles. The minimum absolute atomic E-state index is 0.0716. The van der Waals surface area contributed by atoms with Gasteiger partial charge in [-0.2, -0.15) is 11.8 Å². The normalized spacial score (nSPS) is 18.8. The Kier molecular flexibility index (Phi) is 7.35. The van der Waals surface area contributed by atoms with Crippen molar-refractivity contribution in [3.8, 4) is 0 Å². The lowest BCUT2D eigenvalue weighted by Gasteiger charge is -2.37. The van der Waals surface area contributed by atoms with Crippen molar-refractivity contribution in [2.75, 3.05) is 19.3 Å². The van der Waals surface area contributed by atoms with Gasteiger partial charge in [-0.25, -0.2) is 4.79 Å². The van der Waals surface area contributed by atoms with E-state index in [4.69, 9.17) is 5.11 Å². The number of hydrogen-bond donors (Lipinski definition) is 2. The van der Waals surface area contributed by atoms with Gasteiger partial charge in [-0.3, -0.25) is 4.79 Å². The summed E-state index contributed by atoms with van der Waals surface area (Å²) < 4.78 is 0.123. The van der Waals surface area contributed by atoms with E-state index < -0.39 is 5.97 Å². The number of urea groups is 1. The number of carboxylic acids is 1. The molecule has 0 heterocycles. The third-order valence-electron chi connectivity index (χ3n) is 4.45. The summed E-state index contributed by atoms with van der Waals surface area (Å²) in [5.74, 6) is -0.970. The van der Waals surface area contributed by atoms with Crippen LogP contribution in [0.1, 0.15) is 52.4 Å². The Morgan fingerprint density at radius 1 is 1.33 bits per heavy atom. The number of aliphatic carboxylic acids is 1. The molecule has 1 unspecified atom stereocenters. The third kappa shape index (κ3) is 5.41. The number of nitrogens with one attached hydrogen (secondary N) is 1. The average Bonchev–Trinajstić information content (AvgIpc) is 2.50. The molecule has 0 aromatic carbocycles. The van der Waals surface area contributed by atoms with Crippen LogP contribution in [0.3, 0.4) is 0 Å². The number of rotatable bonds is 7. The zero-order valence-corrected chi connectivity index (χ0v) is 14.2. The molecular weight excluding hydrogens is 288 g/mol. The summed E-state index contributed by atoms with van der Waals surface area (Å²) in [5.41, 5.74) is 0. The second kappa shape index (κ2) is 8.51. The molecule has 2 N–H and O–H groups in total. The Morgan fingerprint density at radius 3 is 2.43 bits per heavy atom. The summed E-state index contributed by atoms with van der Waals surface area (Å²) in [6, 6.07) is -0.330. The number of carbonyl (C=O) groups excluding carboxylic acids is 1. The molecule has 1 saturated carbocycles. The first-order valence-corrected chi connectivity index (χ1v) is 8.98. The first-order chi connectivity index (χ1) is 9.94. The monoisotopic (exact) mass is 316 g/mol. The summed E-state index contributed by atoms with van der Waals surface area (Å²) >= 11 is 1.83. The van der Waals surface area contributed by atoms with E-state index in [2.05, 4.69) is 11.6 Å². The number of carboxylic acid groups (broad SMARTS) is 1. The Labute approximate surface area is 131 Å². The van der Waals surface area contributed by atoms with Crippen molar-refractivity contribution < 1.29 is 14.7 Å². The molecule has 0 aliphatic heterocycles. The molecule has 122 valence electrons. The average molecular weight is 316 g/mol. The molecule has 1 aliphatic rings. The summed E-state index contributed by atoms with van der Waals surface area (Å²) in [5, 5.41) is 11.9. The van der Waals surface area contributed by atoms with Crippen LogP contribution in [0, 0.1) is 0 Å². The van der Waals surface area contributed by atoms with Crippen molar-refractivity contribution in [3.63, 3.8) is 0 Å². The highest BCUT2D eigenvalue weighted by molar-refractivity contribution is 8.00. The first kappa shape index (κ1) is 18.1. The molecule has 0 bridgehead atoms. The van der Waals surface area contributed by atoms with E-state index in [-0.39, 0.29) is 23.4 Å². The molecule has 1 rings (SSSR count). The molecule has 21 heavy (non-hydrogen) atoms. The molecule has 1 aliphatic carbocycles. The highest BCUT2D eigenvalue weighted by Gasteiger charge is 2.32. The van der Waals surface area contributed by atoms with Crippen molar-refractivity contribution >= 4 is 23.8 Å². The standard InChI is InChI=1S/C15H28N2O3S/c1-4-12(2)17(10-13(18)19)14(20)16-11-15(21-3)8-6-5-7-9-15/h12H,4-11H2,1-3H3,(H,16,20)(H,18,19). The predicted molar refractivity (Wildman–Crippen MR) is 86.8 cm³/mol. The van der Waals surface area contributed by atoms with Crippen molar-refractivity contribution in [3.05, 3.63) is 0 Å². The quantitative estimate of drug-likeness (QED) is 0.757. The van der Waals surface area contributed by atoms with Gasteiger partial charge in [0.2, 0.25) is 0 Å². The maximum absolute atomic E-state index is 12.3. The van der Waals surface area contributed by atoms with Gasteiger partial charge in [-0.05, 0) is 32.4 Å². The van der Waals surface area contributed by atoms with Crippen LogP contribution in [-0.4, -0.2) is 52.1 Å². The number of hydrogen-bond acceptors (Lipinski definition) is 3. The van der Waals surface area contributed by atoms with E-state index in [9.17, 15) is 9.59 Å². The molecule has 1 atom stereocenters. The lowest BCUT2D eigenvalue weighted by Crippen LogP contribution is -2.51. The van der Waals surface area contributed by atoms with Gasteiger partial charge in [-0.1, -0.05) is 26.2 Å². The highest BCUT2D eigenvalue weighted by Crippen LogP contribution is 2.37. The summed E-state index contributed by atoms with van der Waals surface area (Å²) in [6.45, 7) is 4.22. The zero-order chi connectivity index (χ0) is 15.9. The molecule has 0 radical (unpaired) electrons. The number of amides is 2. The maximum atomic E-state index is 12.3. The molecule has 2 amide bonds. The van der Waals surface area contributed by atoms with Gasteiger partial charge in [0.1, 0.15) is 6.54 Å². The molecule has 6 heteroatoms. The second-order valence-corrected chi connectivity index (χ2v) is 7.16. The van der Waals surface area contributed by atoms with Gasteiger partial charge in [0.15, 0.2) is 0 Å². The van der Waals surface area contributed by atoms with Crippen LogP contribution < -0.4 is 5.32 Å². The highest BCUT2D eigenvalue weighted by atomic mass is 32.2. The number of carbonyl (C=O) groups is 2. The molecular formula is C15H28N2O3S. The molecule has 5 nitrogen and oxygen atoms in total. The molecule has 1 fully saturated rings. The van der Waals surface area contributed by atoms with Gasteiger partial charge in [0.05, 0.1) is 0 Å². The van der Waals surface area contributed by atoms with Crippen LogP contribution in [0.25, 0.3) is 0 Å². The minimum Gasteiger partial charge on any atom is -0.480 e. The van der Waals surface area contributed by atoms with Crippen LogP contribution in [0.5, 0.6) is 0 Å². The Balaban J connectivity index is 2.61. The van der Waals surface area contributed by atoms with Crippen LogP contribution in [0.2, 0.25) is 0 Å². The summed E-state index contributed by atoms with van der Waals surface area (Å²) in [7, 11) is 0. The minimum atomic E-state index is -0.970. The van der Waals surface area contributed by atoms with Crippen molar-refractivity contribution in [1.29, 1.82) is 0 Å². The van der Waals surface area contributed by atoms with E-state index in [0.717, 1.165) is 19.3 Å². The third-order valence-corrected chi connectivity index (χ3v) is 5.87. The van der Waals surface area contributed by atoms with E-state index in [1.54, 1.807) is 0 Å². The van der Waals surface area contributed by atoms with Crippen molar-refractivity contribution in [2.45, 2.75) is 63.2 Å². The van der Waals surface area contributed by atoms with Crippen molar-refractivity contribution in [2.24, 2.45) is 0 Å². The Morgan fingerprint density at radius 2 is 1.95 bits per heavy atom. The fourth-order valence-electron chi connectivity index (χ4n) is 2.78. The van der Waals surface area contributed by atoms with Gasteiger partial charge in [0.25, 0.3) is 0 Å². The fraction of sp³-hybridized carbons (Fsp3) is 0.867. The van der Waals surface area contributed by atoms with E-state index in [1.165, 1.54) is 24.2 Å². The van der Waals surface area contributed by atoms with Crippen LogP contribution in [-0.2, 0) is 4.79 Å². The van der Waals surface area contributed by atoms with E-state index >= 15 is 0 Å². The smallest absolute Gasteiger partial charge is 0.323 e. The molecule has 0 aromatic rings. The van der Waals surface area contributed by atoms with Crippen LogP contribution >= 0.6 is 11.8 Å². The van der Waals surface area contributed by atoms with Gasteiger partial charge < -0.3 is 15.3 Å². The van der Waals surface area contributed by atoms with E-state index in [1.807, 2.05) is 25.6 Å². The Bertz CT molecular complexity index is 357. The fourth-order valence-corrected chi connectivity index (χ4v) is 3.69. The Hall–Kier alpha value is -0.910. The molecule has 0 spiro atoms. The van der Waals surface area contributed by atoms with Crippen molar-refractivity contribution in [1.82, 2.24) is 10.2 Å². The lowest BCUT2D eigenvalue weighted by atomic mass is 9.88. The second-order valence-electron chi connectivity index (χ2n) is 5.89. The number of nitrogens with zero attached hydrogens (tertiary/aromatic N) is 1. The van der Waals surface area contributed by atoms with Gasteiger partial charge in [-0.15, -0.1) is 0 Å². The molecule has 0 saturated heterocycles. The summed E-state index contributed by atoms with van der Waals surface area (Å²) in [4.78, 5) is 24.7. The lowest BCUT2D eigenvalue weighted by molar-refractivity contribution is -0.138. The predicted octanol–water partition coefficient (Wildman–Crippen LogP) is 2.95. The van der Waals surface area contributed by atoms with Gasteiger partial charge >= 0.3 is 12.0 Å². The van der Waals surface area contributed by atoms with Crippen LogP contribution in [0.4, 0.5) is 4.79 Å². The SMILES string of the molecule is CCC(C)N(CC(=O)O)C(=O)NCC1(SC)CCCCC1. The van der Waals surface area contributed by atoms with Gasteiger partial charge in [0, 0.05) is 17.3 Å².